The van der Waals surface area contributed by atoms with E-state index in [1.54, 1.807) is 6.08 Å². The summed E-state index contributed by atoms with van der Waals surface area (Å²) in [6.07, 6.45) is 87.3. The third kappa shape index (κ3) is 65.7. The van der Waals surface area contributed by atoms with E-state index in [2.05, 4.69) is 19.2 Å². The van der Waals surface area contributed by atoms with Gasteiger partial charge in [0.15, 0.2) is 0 Å². The fourth-order valence-electron chi connectivity index (χ4n) is 11.9. The van der Waals surface area contributed by atoms with Crippen LogP contribution in [0, 0.1) is 0 Å². The molecule has 0 saturated carbocycles. The molecule has 2 unspecified atom stereocenters. The molecule has 0 fully saturated rings. The number of carbonyl (C=O) groups excluding carboxylic acids is 2. The molecule has 0 aromatic rings. The van der Waals surface area contributed by atoms with E-state index in [-0.39, 0.29) is 18.5 Å². The number of esters is 1. The van der Waals surface area contributed by atoms with Crippen LogP contribution in [-0.4, -0.2) is 47.4 Å². The summed E-state index contributed by atoms with van der Waals surface area (Å²) in [7, 11) is 0. The van der Waals surface area contributed by atoms with Gasteiger partial charge in [0.05, 0.1) is 25.4 Å². The third-order valence-electron chi connectivity index (χ3n) is 17.6. The molecular formula is C74H145NO5. The molecule has 80 heavy (non-hydrogen) atoms. The van der Waals surface area contributed by atoms with Crippen LogP contribution in [0.25, 0.3) is 0 Å². The van der Waals surface area contributed by atoms with Crippen molar-refractivity contribution in [2.45, 2.75) is 437 Å². The second kappa shape index (κ2) is 70.1. The zero-order valence-electron chi connectivity index (χ0n) is 54.6. The molecule has 0 saturated heterocycles. The van der Waals surface area contributed by atoms with Gasteiger partial charge in [0.2, 0.25) is 5.91 Å². The SMILES string of the molecule is CCCCCCCCCCCCCCCCCCCCC/C=C/C(O)C(CO)NC(=O)CCCCCCCCCCCCCCCCCCCCCCCCCCCCCOC(=O)CCCCCCCCCCCCCCCCC. The Bertz CT molecular complexity index is 1210. The highest BCUT2D eigenvalue weighted by Gasteiger charge is 2.18. The number of aliphatic hydroxyl groups excluding tert-OH is 2. The summed E-state index contributed by atoms with van der Waals surface area (Å²) in [5, 5.41) is 23.3. The maximum absolute atomic E-state index is 12.5. The van der Waals surface area contributed by atoms with Gasteiger partial charge in [-0.2, -0.15) is 0 Å². The topological polar surface area (TPSA) is 95.9 Å². The molecule has 0 aliphatic rings. The molecule has 0 aromatic heterocycles. The predicted octanol–water partition coefficient (Wildman–Crippen LogP) is 23.9. The van der Waals surface area contributed by atoms with Crippen LogP contribution in [0.1, 0.15) is 425 Å². The van der Waals surface area contributed by atoms with Crippen molar-refractivity contribution in [1.29, 1.82) is 0 Å². The standard InChI is InChI=1S/C74H145NO5/c1-3-5-7-9-11-13-15-17-19-20-21-29-32-35-39-42-46-50-54-58-62-66-72(77)71(70-76)75-73(78)67-63-59-55-51-47-43-40-36-33-30-27-25-23-22-24-26-28-31-34-37-41-45-49-53-57-61-65-69-80-74(79)68-64-60-56-52-48-44-38-18-16-14-12-10-8-6-4-2/h62,66,71-72,76-77H,3-61,63-65,67-70H2,1-2H3,(H,75,78)/b66-62+. The summed E-state index contributed by atoms with van der Waals surface area (Å²) >= 11 is 0. The van der Waals surface area contributed by atoms with E-state index in [9.17, 15) is 19.8 Å². The number of allylic oxidation sites excluding steroid dienone is 1. The first-order valence-electron chi connectivity index (χ1n) is 37.0. The molecule has 0 spiro atoms. The predicted molar refractivity (Wildman–Crippen MR) is 352 cm³/mol. The number of hydrogen-bond donors (Lipinski definition) is 3. The zero-order valence-corrected chi connectivity index (χ0v) is 54.6. The van der Waals surface area contributed by atoms with Gasteiger partial charge in [-0.05, 0) is 32.1 Å². The molecule has 0 aliphatic carbocycles. The van der Waals surface area contributed by atoms with Crippen LogP contribution in [0.3, 0.4) is 0 Å². The molecule has 0 aromatic carbocycles. The van der Waals surface area contributed by atoms with Crippen LogP contribution >= 0.6 is 0 Å². The quantitative estimate of drug-likeness (QED) is 0.0320. The highest BCUT2D eigenvalue weighted by Crippen LogP contribution is 2.20. The second-order valence-electron chi connectivity index (χ2n) is 25.6. The van der Waals surface area contributed by atoms with Gasteiger partial charge in [-0.15, -0.1) is 0 Å². The molecule has 0 heterocycles. The van der Waals surface area contributed by atoms with Gasteiger partial charge in [-0.1, -0.05) is 392 Å². The summed E-state index contributed by atoms with van der Waals surface area (Å²) in [6.45, 7) is 4.96. The van der Waals surface area contributed by atoms with E-state index in [4.69, 9.17) is 4.74 Å². The van der Waals surface area contributed by atoms with E-state index >= 15 is 0 Å². The first-order valence-corrected chi connectivity index (χ1v) is 37.0. The van der Waals surface area contributed by atoms with Crippen LogP contribution in [0.5, 0.6) is 0 Å². The molecule has 2 atom stereocenters. The average Bonchev–Trinajstić information content (AvgIpc) is 3.46. The molecule has 0 rings (SSSR count). The smallest absolute Gasteiger partial charge is 0.305 e. The van der Waals surface area contributed by atoms with Gasteiger partial charge in [0.1, 0.15) is 0 Å². The van der Waals surface area contributed by atoms with E-state index in [1.165, 1.54) is 360 Å². The Morgan fingerprint density at radius 1 is 0.338 bits per heavy atom. The number of aliphatic hydroxyl groups is 2. The molecule has 6 heteroatoms. The van der Waals surface area contributed by atoms with Gasteiger partial charge in [-0.3, -0.25) is 9.59 Å². The molecule has 0 aliphatic heterocycles. The van der Waals surface area contributed by atoms with E-state index < -0.39 is 12.1 Å². The molecule has 1 amide bonds. The lowest BCUT2D eigenvalue weighted by Crippen LogP contribution is -2.45. The number of hydrogen-bond acceptors (Lipinski definition) is 5. The molecule has 476 valence electrons. The summed E-state index contributed by atoms with van der Waals surface area (Å²) in [5.41, 5.74) is 0. The number of ether oxygens (including phenoxy) is 1. The fourth-order valence-corrected chi connectivity index (χ4v) is 11.9. The maximum Gasteiger partial charge on any atom is 0.305 e. The van der Waals surface area contributed by atoms with Gasteiger partial charge in [-0.25, -0.2) is 0 Å². The van der Waals surface area contributed by atoms with Crippen molar-refractivity contribution in [3.05, 3.63) is 12.2 Å². The number of unbranched alkanes of at least 4 members (excludes halogenated alkanes) is 59. The Kier molecular flexibility index (Phi) is 68.9. The van der Waals surface area contributed by atoms with Crippen molar-refractivity contribution in [2.24, 2.45) is 0 Å². The monoisotopic (exact) mass is 1130 g/mol. The normalized spacial score (nSPS) is 12.5. The van der Waals surface area contributed by atoms with Gasteiger partial charge in [0, 0.05) is 12.8 Å². The fraction of sp³-hybridized carbons (Fsp3) is 0.946. The van der Waals surface area contributed by atoms with Crippen LogP contribution in [-0.2, 0) is 14.3 Å². The second-order valence-corrected chi connectivity index (χ2v) is 25.6. The number of nitrogens with one attached hydrogen (secondary N) is 1. The first kappa shape index (κ1) is 78.6. The van der Waals surface area contributed by atoms with Crippen LogP contribution in [0.2, 0.25) is 0 Å². The summed E-state index contributed by atoms with van der Waals surface area (Å²) in [6, 6.07) is -0.626. The highest BCUT2D eigenvalue weighted by atomic mass is 16.5. The molecular weight excluding hydrogens is 983 g/mol. The van der Waals surface area contributed by atoms with Crippen molar-refractivity contribution >= 4 is 11.9 Å². The summed E-state index contributed by atoms with van der Waals surface area (Å²) in [4.78, 5) is 24.6. The van der Waals surface area contributed by atoms with Crippen LogP contribution in [0.15, 0.2) is 12.2 Å². The Hall–Kier alpha value is -1.40. The minimum absolute atomic E-state index is 0.0218. The maximum atomic E-state index is 12.5. The Labute approximate surface area is 501 Å². The van der Waals surface area contributed by atoms with Gasteiger partial charge >= 0.3 is 5.97 Å². The summed E-state index contributed by atoms with van der Waals surface area (Å²) < 4.78 is 5.50. The lowest BCUT2D eigenvalue weighted by Gasteiger charge is -2.20. The summed E-state index contributed by atoms with van der Waals surface area (Å²) in [5.74, 6) is -0.0386. The Morgan fingerprint density at radius 3 is 0.850 bits per heavy atom. The van der Waals surface area contributed by atoms with Crippen LogP contribution in [0.4, 0.5) is 0 Å². The lowest BCUT2D eigenvalue weighted by atomic mass is 10.0. The lowest BCUT2D eigenvalue weighted by molar-refractivity contribution is -0.143. The van der Waals surface area contributed by atoms with Crippen LogP contribution < -0.4 is 5.32 Å². The van der Waals surface area contributed by atoms with Gasteiger partial charge < -0.3 is 20.3 Å². The molecule has 0 bridgehead atoms. The number of carbonyl (C=O) groups is 2. The van der Waals surface area contributed by atoms with Crippen molar-refractivity contribution in [3.8, 4) is 0 Å². The first-order chi connectivity index (χ1) is 39.5. The Balaban J connectivity index is 3.36. The molecule has 3 N–H and O–H groups in total. The third-order valence-corrected chi connectivity index (χ3v) is 17.6. The van der Waals surface area contributed by atoms with E-state index in [0.717, 1.165) is 38.5 Å². The minimum Gasteiger partial charge on any atom is -0.466 e. The van der Waals surface area contributed by atoms with E-state index in [1.807, 2.05) is 6.08 Å². The number of rotatable bonds is 70. The number of amides is 1. The van der Waals surface area contributed by atoms with Crippen molar-refractivity contribution < 1.29 is 24.5 Å². The Morgan fingerprint density at radius 2 is 0.575 bits per heavy atom. The molecule has 6 nitrogen and oxygen atoms in total. The zero-order chi connectivity index (χ0) is 57.8. The largest absolute Gasteiger partial charge is 0.466 e. The van der Waals surface area contributed by atoms with Crippen molar-refractivity contribution in [3.63, 3.8) is 0 Å². The highest BCUT2D eigenvalue weighted by molar-refractivity contribution is 5.76. The molecule has 0 radical (unpaired) electrons. The average molecular weight is 1130 g/mol. The van der Waals surface area contributed by atoms with Gasteiger partial charge in [0.25, 0.3) is 0 Å². The van der Waals surface area contributed by atoms with Crippen molar-refractivity contribution in [1.82, 2.24) is 5.32 Å². The van der Waals surface area contributed by atoms with E-state index in [0.29, 0.717) is 19.4 Å². The minimum atomic E-state index is -0.843. The van der Waals surface area contributed by atoms with Crippen molar-refractivity contribution in [2.75, 3.05) is 13.2 Å².